The smallest absolute Gasteiger partial charge is 0.410 e. The van der Waals surface area contributed by atoms with Crippen LogP contribution < -0.4 is 11.1 Å². The van der Waals surface area contributed by atoms with Crippen LogP contribution in [0.15, 0.2) is 18.2 Å². The van der Waals surface area contributed by atoms with E-state index in [2.05, 4.69) is 5.32 Å². The lowest BCUT2D eigenvalue weighted by molar-refractivity contribution is -0.122. The third-order valence-corrected chi connectivity index (χ3v) is 4.70. The quantitative estimate of drug-likeness (QED) is 0.839. The van der Waals surface area contributed by atoms with E-state index in [1.54, 1.807) is 11.0 Å². The molecule has 138 valence electrons. The average Bonchev–Trinajstić information content (AvgIpc) is 2.50. The lowest BCUT2D eigenvalue weighted by Gasteiger charge is -2.38. The molecule has 0 aliphatic carbocycles. The summed E-state index contributed by atoms with van der Waals surface area (Å²) in [6, 6.07) is 5.44. The Morgan fingerprint density at radius 2 is 1.88 bits per heavy atom. The fraction of sp³-hybridized carbons (Fsp3) is 0.556. The number of carbonyl (C=O) groups is 2. The summed E-state index contributed by atoms with van der Waals surface area (Å²) in [6.07, 6.45) is 0.347. The normalized spacial score (nSPS) is 17.1. The molecule has 1 heterocycles. The molecule has 6 nitrogen and oxygen atoms in total. The van der Waals surface area contributed by atoms with Crippen LogP contribution >= 0.6 is 11.6 Å². The average molecular weight is 368 g/mol. The van der Waals surface area contributed by atoms with E-state index in [-0.39, 0.29) is 12.0 Å². The summed E-state index contributed by atoms with van der Waals surface area (Å²) in [5, 5.41) is 3.32. The molecule has 1 aromatic carbocycles. The van der Waals surface area contributed by atoms with Gasteiger partial charge in [0, 0.05) is 13.1 Å². The van der Waals surface area contributed by atoms with Crippen LogP contribution in [0.2, 0.25) is 5.02 Å². The number of benzene rings is 1. The number of anilines is 1. The van der Waals surface area contributed by atoms with Gasteiger partial charge in [0.05, 0.1) is 16.2 Å². The summed E-state index contributed by atoms with van der Waals surface area (Å²) in [6.45, 7) is 8.08. The van der Waals surface area contributed by atoms with Crippen LogP contribution in [0.3, 0.4) is 0 Å². The lowest BCUT2D eigenvalue weighted by Crippen LogP contribution is -2.58. The van der Waals surface area contributed by atoms with Gasteiger partial charge in [-0.15, -0.1) is 0 Å². The van der Waals surface area contributed by atoms with Crippen LogP contribution in [-0.2, 0) is 9.53 Å². The van der Waals surface area contributed by atoms with Crippen molar-refractivity contribution >= 4 is 29.3 Å². The standard InChI is InChI=1S/C18H26ClN3O3/c1-12-6-5-7-13(14(12)19)21-15(23)18(20)8-10-22(11-9-18)16(24)25-17(2,3)4/h5-7H,8-11,20H2,1-4H3,(H,21,23). The second-order valence-corrected chi connectivity index (χ2v) is 7.89. The molecule has 25 heavy (non-hydrogen) atoms. The monoisotopic (exact) mass is 367 g/mol. The SMILES string of the molecule is Cc1cccc(NC(=O)C2(N)CCN(C(=O)OC(C)(C)C)CC2)c1Cl. The van der Waals surface area contributed by atoms with E-state index >= 15 is 0 Å². The summed E-state index contributed by atoms with van der Waals surface area (Å²) < 4.78 is 5.36. The molecule has 1 saturated heterocycles. The molecule has 7 heteroatoms. The molecular weight excluding hydrogens is 342 g/mol. The Labute approximate surface area is 153 Å². The summed E-state index contributed by atoms with van der Waals surface area (Å²) in [5.41, 5.74) is 6.14. The van der Waals surface area contributed by atoms with Gasteiger partial charge in [0.2, 0.25) is 5.91 Å². The first-order valence-electron chi connectivity index (χ1n) is 8.35. The van der Waals surface area contributed by atoms with Gasteiger partial charge in [-0.1, -0.05) is 23.7 Å². The summed E-state index contributed by atoms with van der Waals surface area (Å²) >= 11 is 6.22. The number of amides is 2. The fourth-order valence-electron chi connectivity index (χ4n) is 2.63. The van der Waals surface area contributed by atoms with Crippen LogP contribution in [0.25, 0.3) is 0 Å². The Morgan fingerprint density at radius 3 is 2.44 bits per heavy atom. The minimum absolute atomic E-state index is 0.288. The molecule has 1 aliphatic heterocycles. The van der Waals surface area contributed by atoms with Crippen LogP contribution in [-0.4, -0.2) is 41.1 Å². The maximum absolute atomic E-state index is 12.6. The van der Waals surface area contributed by atoms with Gasteiger partial charge in [0.15, 0.2) is 0 Å². The number of nitrogens with zero attached hydrogens (tertiary/aromatic N) is 1. The van der Waals surface area contributed by atoms with E-state index in [1.807, 2.05) is 39.8 Å². The molecule has 0 radical (unpaired) electrons. The Bertz CT molecular complexity index is 662. The molecule has 1 aliphatic rings. The van der Waals surface area contributed by atoms with Crippen LogP contribution in [0, 0.1) is 6.92 Å². The van der Waals surface area contributed by atoms with E-state index in [1.165, 1.54) is 0 Å². The molecule has 0 spiro atoms. The summed E-state index contributed by atoms with van der Waals surface area (Å²) in [4.78, 5) is 26.3. The van der Waals surface area contributed by atoms with Gasteiger partial charge in [0.1, 0.15) is 5.60 Å². The Morgan fingerprint density at radius 1 is 1.28 bits per heavy atom. The van der Waals surface area contributed by atoms with Gasteiger partial charge in [-0.3, -0.25) is 4.79 Å². The number of nitrogens with one attached hydrogen (secondary N) is 1. The van der Waals surface area contributed by atoms with E-state index in [4.69, 9.17) is 22.1 Å². The molecule has 0 aromatic heterocycles. The van der Waals surface area contributed by atoms with Crippen LogP contribution in [0.4, 0.5) is 10.5 Å². The predicted molar refractivity (Wildman–Crippen MR) is 98.8 cm³/mol. The summed E-state index contributed by atoms with van der Waals surface area (Å²) in [7, 11) is 0. The van der Waals surface area contributed by atoms with Crippen molar-refractivity contribution in [1.82, 2.24) is 4.90 Å². The van der Waals surface area contributed by atoms with Crippen molar-refractivity contribution in [3.63, 3.8) is 0 Å². The highest BCUT2D eigenvalue weighted by molar-refractivity contribution is 6.34. The van der Waals surface area contributed by atoms with Gasteiger partial charge in [-0.25, -0.2) is 4.79 Å². The zero-order chi connectivity index (χ0) is 18.8. The number of carbonyl (C=O) groups excluding carboxylic acids is 2. The minimum Gasteiger partial charge on any atom is -0.444 e. The molecule has 0 bridgehead atoms. The first-order valence-corrected chi connectivity index (χ1v) is 8.73. The molecule has 0 atom stereocenters. The predicted octanol–water partition coefficient (Wildman–Crippen LogP) is 3.32. The van der Waals surface area contributed by atoms with Crippen molar-refractivity contribution in [2.45, 2.75) is 51.7 Å². The maximum Gasteiger partial charge on any atom is 0.410 e. The number of halogens is 1. The van der Waals surface area contributed by atoms with Crippen molar-refractivity contribution < 1.29 is 14.3 Å². The summed E-state index contributed by atoms with van der Waals surface area (Å²) in [5.74, 6) is -0.288. The lowest BCUT2D eigenvalue weighted by atomic mass is 9.87. The number of ether oxygens (including phenoxy) is 1. The van der Waals surface area contributed by atoms with Gasteiger partial charge >= 0.3 is 6.09 Å². The largest absolute Gasteiger partial charge is 0.444 e. The van der Waals surface area contributed by atoms with Crippen LogP contribution in [0.1, 0.15) is 39.2 Å². The number of nitrogens with two attached hydrogens (primary N) is 1. The number of likely N-dealkylation sites (tertiary alicyclic amines) is 1. The molecular formula is C18H26ClN3O3. The molecule has 1 aromatic rings. The van der Waals surface area contributed by atoms with Gasteiger partial charge < -0.3 is 20.7 Å². The fourth-order valence-corrected chi connectivity index (χ4v) is 2.81. The number of hydrogen-bond donors (Lipinski definition) is 2. The second-order valence-electron chi connectivity index (χ2n) is 7.51. The molecule has 2 amide bonds. The second kappa shape index (κ2) is 7.22. The first-order chi connectivity index (χ1) is 11.5. The highest BCUT2D eigenvalue weighted by Crippen LogP contribution is 2.28. The van der Waals surface area contributed by atoms with E-state index in [0.717, 1.165) is 5.56 Å². The van der Waals surface area contributed by atoms with Gasteiger partial charge in [0.25, 0.3) is 0 Å². The number of hydrogen-bond acceptors (Lipinski definition) is 4. The van der Waals surface area contributed by atoms with Crippen molar-refractivity contribution in [3.8, 4) is 0 Å². The topological polar surface area (TPSA) is 84.7 Å². The molecule has 2 rings (SSSR count). The zero-order valence-electron chi connectivity index (χ0n) is 15.2. The Hall–Kier alpha value is -1.79. The number of aryl methyl sites for hydroxylation is 1. The number of rotatable bonds is 2. The van der Waals surface area contributed by atoms with E-state index in [0.29, 0.717) is 36.6 Å². The first kappa shape index (κ1) is 19.5. The third-order valence-electron chi connectivity index (χ3n) is 4.20. The van der Waals surface area contributed by atoms with Gasteiger partial charge in [-0.05, 0) is 52.2 Å². The van der Waals surface area contributed by atoms with Crippen molar-refractivity contribution in [2.24, 2.45) is 5.73 Å². The minimum atomic E-state index is -1.04. The van der Waals surface area contributed by atoms with Gasteiger partial charge in [-0.2, -0.15) is 0 Å². The number of piperidine rings is 1. The zero-order valence-corrected chi connectivity index (χ0v) is 15.9. The highest BCUT2D eigenvalue weighted by Gasteiger charge is 2.39. The maximum atomic E-state index is 12.6. The third kappa shape index (κ3) is 4.86. The van der Waals surface area contributed by atoms with Crippen molar-refractivity contribution in [2.75, 3.05) is 18.4 Å². The van der Waals surface area contributed by atoms with Crippen molar-refractivity contribution in [3.05, 3.63) is 28.8 Å². The Balaban J connectivity index is 1.98. The molecule has 1 fully saturated rings. The molecule has 3 N–H and O–H groups in total. The van der Waals surface area contributed by atoms with Crippen molar-refractivity contribution in [1.29, 1.82) is 0 Å². The van der Waals surface area contributed by atoms with E-state index < -0.39 is 11.1 Å². The van der Waals surface area contributed by atoms with E-state index in [9.17, 15) is 9.59 Å². The molecule has 0 unspecified atom stereocenters. The Kier molecular flexibility index (Phi) is 5.64. The van der Waals surface area contributed by atoms with Crippen LogP contribution in [0.5, 0.6) is 0 Å². The highest BCUT2D eigenvalue weighted by atomic mass is 35.5. The molecule has 0 saturated carbocycles.